The van der Waals surface area contributed by atoms with Crippen LogP contribution in [0.15, 0.2) is 0 Å². The number of hydrogen-bond acceptors (Lipinski definition) is 3. The molecule has 0 saturated carbocycles. The molecule has 96 valence electrons. The van der Waals surface area contributed by atoms with Gasteiger partial charge >= 0.3 is 0 Å². The molecule has 1 fully saturated rings. The van der Waals surface area contributed by atoms with Crippen LogP contribution >= 0.6 is 0 Å². The molecule has 1 unspecified atom stereocenters. The van der Waals surface area contributed by atoms with E-state index in [0.717, 1.165) is 25.7 Å². The van der Waals surface area contributed by atoms with Crippen LogP contribution in [0.25, 0.3) is 0 Å². The standard InChI is InChI=1S/C10H23N3O2S/c1-3-4-7-12(2)16(14,15)13-8-5-6-10(11)9-13/h10H,3-9,11H2,1-2H3. The van der Waals surface area contributed by atoms with Crippen molar-refractivity contribution in [3.05, 3.63) is 0 Å². The van der Waals surface area contributed by atoms with Gasteiger partial charge in [-0.25, -0.2) is 0 Å². The predicted octanol–water partition coefficient (Wildman–Crippen LogP) is 0.386. The van der Waals surface area contributed by atoms with Crippen molar-refractivity contribution < 1.29 is 8.42 Å². The Morgan fingerprint density at radius 1 is 1.50 bits per heavy atom. The van der Waals surface area contributed by atoms with Gasteiger partial charge in [-0.1, -0.05) is 13.3 Å². The Labute approximate surface area is 98.8 Å². The molecule has 0 aliphatic carbocycles. The van der Waals surface area contributed by atoms with Gasteiger partial charge in [0.05, 0.1) is 0 Å². The van der Waals surface area contributed by atoms with Gasteiger partial charge in [-0.3, -0.25) is 0 Å². The van der Waals surface area contributed by atoms with E-state index in [1.54, 1.807) is 7.05 Å². The fourth-order valence-electron chi connectivity index (χ4n) is 1.88. The lowest BCUT2D eigenvalue weighted by atomic mass is 10.1. The molecule has 0 radical (unpaired) electrons. The number of piperidine rings is 1. The molecular formula is C10H23N3O2S. The van der Waals surface area contributed by atoms with Crippen molar-refractivity contribution >= 4 is 10.2 Å². The molecule has 0 aromatic carbocycles. The number of hydrogen-bond donors (Lipinski definition) is 1. The highest BCUT2D eigenvalue weighted by atomic mass is 32.2. The summed E-state index contributed by atoms with van der Waals surface area (Å²) in [7, 11) is -1.64. The van der Waals surface area contributed by atoms with E-state index in [9.17, 15) is 8.42 Å². The maximum atomic E-state index is 12.1. The Hall–Kier alpha value is -0.170. The number of nitrogens with zero attached hydrogens (tertiary/aromatic N) is 2. The first-order valence-corrected chi connectivity index (χ1v) is 7.35. The van der Waals surface area contributed by atoms with E-state index >= 15 is 0 Å². The second kappa shape index (κ2) is 5.95. The third-order valence-electron chi connectivity index (χ3n) is 2.97. The highest BCUT2D eigenvalue weighted by molar-refractivity contribution is 7.86. The minimum atomic E-state index is -3.28. The first-order valence-electron chi connectivity index (χ1n) is 5.95. The Morgan fingerprint density at radius 3 is 2.75 bits per heavy atom. The average Bonchev–Trinajstić information content (AvgIpc) is 2.25. The van der Waals surface area contributed by atoms with Gasteiger partial charge in [0, 0.05) is 32.7 Å². The van der Waals surface area contributed by atoms with E-state index in [-0.39, 0.29) is 6.04 Å². The van der Waals surface area contributed by atoms with Gasteiger partial charge in [0.1, 0.15) is 0 Å². The summed E-state index contributed by atoms with van der Waals surface area (Å²) in [6.07, 6.45) is 3.68. The maximum Gasteiger partial charge on any atom is 0.281 e. The molecule has 0 aromatic heterocycles. The third-order valence-corrected chi connectivity index (χ3v) is 4.92. The number of nitrogens with two attached hydrogens (primary N) is 1. The zero-order chi connectivity index (χ0) is 12.2. The highest BCUT2D eigenvalue weighted by Crippen LogP contribution is 2.15. The molecule has 6 heteroatoms. The van der Waals surface area contributed by atoms with Crippen LogP contribution in [0.5, 0.6) is 0 Å². The molecule has 1 aliphatic rings. The van der Waals surface area contributed by atoms with Crippen LogP contribution in [-0.4, -0.2) is 49.8 Å². The summed E-state index contributed by atoms with van der Waals surface area (Å²) < 4.78 is 27.2. The van der Waals surface area contributed by atoms with Crippen LogP contribution < -0.4 is 5.73 Å². The van der Waals surface area contributed by atoms with Gasteiger partial charge in [-0.2, -0.15) is 17.0 Å². The molecule has 2 N–H and O–H groups in total. The van der Waals surface area contributed by atoms with Gasteiger partial charge in [0.25, 0.3) is 10.2 Å². The predicted molar refractivity (Wildman–Crippen MR) is 65.2 cm³/mol. The van der Waals surface area contributed by atoms with E-state index in [2.05, 4.69) is 6.92 Å². The normalized spacial score (nSPS) is 23.9. The van der Waals surface area contributed by atoms with Crippen molar-refractivity contribution in [1.29, 1.82) is 0 Å². The zero-order valence-electron chi connectivity index (χ0n) is 10.2. The molecule has 1 aliphatic heterocycles. The van der Waals surface area contributed by atoms with Gasteiger partial charge in [-0.05, 0) is 19.3 Å². The molecule has 5 nitrogen and oxygen atoms in total. The monoisotopic (exact) mass is 249 g/mol. The average molecular weight is 249 g/mol. The minimum absolute atomic E-state index is 0.0110. The van der Waals surface area contributed by atoms with Gasteiger partial charge < -0.3 is 5.73 Å². The van der Waals surface area contributed by atoms with Gasteiger partial charge in [-0.15, -0.1) is 0 Å². The third kappa shape index (κ3) is 3.41. The molecule has 0 aromatic rings. The summed E-state index contributed by atoms with van der Waals surface area (Å²) in [6, 6.07) is -0.0110. The molecule has 0 spiro atoms. The highest BCUT2D eigenvalue weighted by Gasteiger charge is 2.30. The molecule has 1 rings (SSSR count). The fraction of sp³-hybridized carbons (Fsp3) is 1.00. The van der Waals surface area contributed by atoms with Crippen molar-refractivity contribution in [2.24, 2.45) is 5.73 Å². The molecule has 0 bridgehead atoms. The number of unbranched alkanes of at least 4 members (excludes halogenated alkanes) is 1. The van der Waals surface area contributed by atoms with Crippen LogP contribution in [0.3, 0.4) is 0 Å². The summed E-state index contributed by atoms with van der Waals surface area (Å²) in [6.45, 7) is 3.70. The molecule has 1 heterocycles. The van der Waals surface area contributed by atoms with E-state index in [0.29, 0.717) is 19.6 Å². The smallest absolute Gasteiger partial charge is 0.281 e. The SMILES string of the molecule is CCCCN(C)S(=O)(=O)N1CCCC(N)C1. The Kier molecular flexibility index (Phi) is 5.17. The van der Waals surface area contributed by atoms with Crippen LogP contribution in [0.2, 0.25) is 0 Å². The summed E-state index contributed by atoms with van der Waals surface area (Å²) in [5, 5.41) is 0. The van der Waals surface area contributed by atoms with E-state index < -0.39 is 10.2 Å². The number of rotatable bonds is 5. The van der Waals surface area contributed by atoms with E-state index in [1.165, 1.54) is 8.61 Å². The second-order valence-electron chi connectivity index (χ2n) is 4.44. The van der Waals surface area contributed by atoms with Crippen molar-refractivity contribution in [3.63, 3.8) is 0 Å². The van der Waals surface area contributed by atoms with Crippen molar-refractivity contribution in [3.8, 4) is 0 Å². The van der Waals surface area contributed by atoms with Crippen molar-refractivity contribution in [1.82, 2.24) is 8.61 Å². The Bertz CT molecular complexity index is 305. The Balaban J connectivity index is 2.61. The van der Waals surface area contributed by atoms with Crippen molar-refractivity contribution in [2.75, 3.05) is 26.7 Å². The maximum absolute atomic E-state index is 12.1. The van der Waals surface area contributed by atoms with Gasteiger partial charge in [0.2, 0.25) is 0 Å². The largest absolute Gasteiger partial charge is 0.327 e. The lowest BCUT2D eigenvalue weighted by Crippen LogP contribution is -2.50. The quantitative estimate of drug-likeness (QED) is 0.766. The summed E-state index contributed by atoms with van der Waals surface area (Å²) in [5.74, 6) is 0. The second-order valence-corrected chi connectivity index (χ2v) is 6.48. The zero-order valence-corrected chi connectivity index (χ0v) is 11.0. The summed E-state index contributed by atoms with van der Waals surface area (Å²) in [4.78, 5) is 0. The first-order chi connectivity index (χ1) is 7.48. The first kappa shape index (κ1) is 13.9. The van der Waals surface area contributed by atoms with Crippen LogP contribution in [0, 0.1) is 0 Å². The Morgan fingerprint density at radius 2 is 2.19 bits per heavy atom. The fourth-order valence-corrected chi connectivity index (χ4v) is 3.37. The molecule has 1 saturated heterocycles. The van der Waals surface area contributed by atoms with Crippen LogP contribution in [0.4, 0.5) is 0 Å². The van der Waals surface area contributed by atoms with Crippen LogP contribution in [0.1, 0.15) is 32.6 Å². The lowest BCUT2D eigenvalue weighted by Gasteiger charge is -2.32. The topological polar surface area (TPSA) is 66.6 Å². The van der Waals surface area contributed by atoms with E-state index in [1.807, 2.05) is 0 Å². The lowest BCUT2D eigenvalue weighted by molar-refractivity contribution is 0.292. The van der Waals surface area contributed by atoms with Crippen molar-refractivity contribution in [2.45, 2.75) is 38.6 Å². The van der Waals surface area contributed by atoms with Crippen LogP contribution in [-0.2, 0) is 10.2 Å². The summed E-state index contributed by atoms with van der Waals surface area (Å²) in [5.41, 5.74) is 5.80. The molecule has 16 heavy (non-hydrogen) atoms. The minimum Gasteiger partial charge on any atom is -0.327 e. The molecule has 0 amide bonds. The molecular weight excluding hydrogens is 226 g/mol. The summed E-state index contributed by atoms with van der Waals surface area (Å²) >= 11 is 0. The molecule has 1 atom stereocenters. The van der Waals surface area contributed by atoms with Gasteiger partial charge in [0.15, 0.2) is 0 Å². The van der Waals surface area contributed by atoms with E-state index in [4.69, 9.17) is 5.73 Å².